The number of hydrogen-bond donors (Lipinski definition) is 1. The number of furan rings is 1. The van der Waals surface area contributed by atoms with Crippen LogP contribution >= 0.6 is 0 Å². The minimum Gasteiger partial charge on any atom is -0.467 e. The summed E-state index contributed by atoms with van der Waals surface area (Å²) in [5, 5.41) is 10.4. The maximum atomic E-state index is 10.4. The van der Waals surface area contributed by atoms with Gasteiger partial charge in [0.15, 0.2) is 0 Å². The van der Waals surface area contributed by atoms with Gasteiger partial charge in [0.05, 0.1) is 25.1 Å². The Hall–Kier alpha value is -1.66. The first-order valence-electron chi connectivity index (χ1n) is 9.37. The number of benzene rings is 1. The molecule has 0 amide bonds. The molecule has 26 heavy (non-hydrogen) atoms. The predicted molar refractivity (Wildman–Crippen MR) is 99.8 cm³/mol. The van der Waals surface area contributed by atoms with Crippen LogP contribution in [0.15, 0.2) is 47.1 Å². The number of aliphatic hydroxyl groups is 1. The summed E-state index contributed by atoms with van der Waals surface area (Å²) < 4.78 is 16.6. The van der Waals surface area contributed by atoms with Crippen LogP contribution in [0.25, 0.3) is 0 Å². The Kier molecular flexibility index (Phi) is 7.26. The van der Waals surface area contributed by atoms with Gasteiger partial charge in [-0.1, -0.05) is 29.8 Å². The number of rotatable bonds is 10. The summed E-state index contributed by atoms with van der Waals surface area (Å²) in [5.41, 5.74) is 2.50. The van der Waals surface area contributed by atoms with Crippen molar-refractivity contribution in [3.63, 3.8) is 0 Å². The summed E-state index contributed by atoms with van der Waals surface area (Å²) in [7, 11) is 0. The molecule has 1 aromatic carbocycles. The SMILES string of the molecule is Cc1ccc(CN(C[C@H](O)COCc2ccco2)C[C@@H]2CCCO2)cc1. The van der Waals surface area contributed by atoms with Crippen molar-refractivity contribution in [2.24, 2.45) is 0 Å². The molecular weight excluding hydrogens is 330 g/mol. The van der Waals surface area contributed by atoms with Gasteiger partial charge in [0.1, 0.15) is 12.4 Å². The summed E-state index contributed by atoms with van der Waals surface area (Å²) >= 11 is 0. The lowest BCUT2D eigenvalue weighted by Crippen LogP contribution is -2.39. The van der Waals surface area contributed by atoms with E-state index in [0.717, 1.165) is 38.3 Å². The number of aryl methyl sites for hydroxylation is 1. The second-order valence-electron chi connectivity index (χ2n) is 7.06. The molecule has 5 heteroatoms. The maximum absolute atomic E-state index is 10.4. The highest BCUT2D eigenvalue weighted by Crippen LogP contribution is 2.16. The summed E-state index contributed by atoms with van der Waals surface area (Å²) in [6.45, 7) is 5.81. The largest absolute Gasteiger partial charge is 0.467 e. The van der Waals surface area contributed by atoms with Crippen LogP contribution in [0.3, 0.4) is 0 Å². The highest BCUT2D eigenvalue weighted by Gasteiger charge is 2.21. The molecule has 2 atom stereocenters. The van der Waals surface area contributed by atoms with E-state index in [0.29, 0.717) is 13.2 Å². The zero-order valence-electron chi connectivity index (χ0n) is 15.5. The van der Waals surface area contributed by atoms with Crippen molar-refractivity contribution < 1.29 is 19.0 Å². The molecule has 2 heterocycles. The van der Waals surface area contributed by atoms with Crippen LogP contribution in [0.4, 0.5) is 0 Å². The molecule has 0 spiro atoms. The van der Waals surface area contributed by atoms with Crippen LogP contribution in [-0.2, 0) is 22.6 Å². The lowest BCUT2D eigenvalue weighted by atomic mass is 10.1. The van der Waals surface area contributed by atoms with Gasteiger partial charge in [-0.3, -0.25) is 4.90 Å². The molecule has 142 valence electrons. The fourth-order valence-corrected chi connectivity index (χ4v) is 3.27. The Morgan fingerprint density at radius 2 is 2.12 bits per heavy atom. The second kappa shape index (κ2) is 9.88. The normalized spacial score (nSPS) is 18.5. The van der Waals surface area contributed by atoms with Gasteiger partial charge in [0.2, 0.25) is 0 Å². The first kappa shape index (κ1) is 19.1. The molecular formula is C21H29NO4. The van der Waals surface area contributed by atoms with Crippen molar-refractivity contribution in [1.29, 1.82) is 0 Å². The third kappa shape index (κ3) is 6.25. The molecule has 1 saturated heterocycles. The van der Waals surface area contributed by atoms with Crippen LogP contribution in [0.2, 0.25) is 0 Å². The Morgan fingerprint density at radius 1 is 1.27 bits per heavy atom. The minimum atomic E-state index is -0.545. The van der Waals surface area contributed by atoms with Crippen molar-refractivity contribution in [3.05, 3.63) is 59.5 Å². The van der Waals surface area contributed by atoms with E-state index in [2.05, 4.69) is 36.1 Å². The molecule has 0 bridgehead atoms. The van der Waals surface area contributed by atoms with Gasteiger partial charge >= 0.3 is 0 Å². The van der Waals surface area contributed by atoms with E-state index >= 15 is 0 Å². The summed E-state index contributed by atoms with van der Waals surface area (Å²) in [6, 6.07) is 12.3. The van der Waals surface area contributed by atoms with E-state index < -0.39 is 6.10 Å². The Labute approximate surface area is 155 Å². The van der Waals surface area contributed by atoms with Crippen molar-refractivity contribution >= 4 is 0 Å². The maximum Gasteiger partial charge on any atom is 0.129 e. The molecule has 1 aliphatic rings. The van der Waals surface area contributed by atoms with Gasteiger partial charge in [0, 0.05) is 26.2 Å². The lowest BCUT2D eigenvalue weighted by molar-refractivity contribution is -0.00635. The quantitative estimate of drug-likeness (QED) is 0.706. The fourth-order valence-electron chi connectivity index (χ4n) is 3.27. The molecule has 0 saturated carbocycles. The van der Waals surface area contributed by atoms with E-state index in [-0.39, 0.29) is 12.7 Å². The van der Waals surface area contributed by atoms with Crippen LogP contribution in [0.1, 0.15) is 29.7 Å². The first-order valence-corrected chi connectivity index (χ1v) is 9.37. The highest BCUT2D eigenvalue weighted by atomic mass is 16.5. The van der Waals surface area contributed by atoms with Crippen molar-refractivity contribution in [2.75, 3.05) is 26.3 Å². The van der Waals surface area contributed by atoms with E-state index in [1.54, 1.807) is 6.26 Å². The number of ether oxygens (including phenoxy) is 2. The van der Waals surface area contributed by atoms with Crippen LogP contribution in [0, 0.1) is 6.92 Å². The van der Waals surface area contributed by atoms with Gasteiger partial charge < -0.3 is 19.0 Å². The smallest absolute Gasteiger partial charge is 0.129 e. The van der Waals surface area contributed by atoms with Gasteiger partial charge in [-0.05, 0) is 37.5 Å². The van der Waals surface area contributed by atoms with E-state index in [4.69, 9.17) is 13.9 Å². The third-order valence-corrected chi connectivity index (χ3v) is 4.62. The second-order valence-corrected chi connectivity index (χ2v) is 7.06. The van der Waals surface area contributed by atoms with Crippen LogP contribution < -0.4 is 0 Å². The van der Waals surface area contributed by atoms with Crippen LogP contribution in [-0.4, -0.2) is 48.5 Å². The number of aliphatic hydroxyl groups excluding tert-OH is 1. The molecule has 5 nitrogen and oxygen atoms in total. The van der Waals surface area contributed by atoms with Crippen molar-refractivity contribution in [1.82, 2.24) is 4.90 Å². The standard InChI is InChI=1S/C21H29NO4/c1-17-6-8-18(9-7-17)12-22(14-20-4-2-10-25-20)13-19(23)15-24-16-21-5-3-11-26-21/h3,5-9,11,19-20,23H,2,4,10,12-16H2,1H3/t19-,20-/m0/s1. The number of nitrogens with zero attached hydrogens (tertiary/aromatic N) is 1. The van der Waals surface area contributed by atoms with Gasteiger partial charge in [-0.2, -0.15) is 0 Å². The average molecular weight is 359 g/mol. The third-order valence-electron chi connectivity index (χ3n) is 4.62. The summed E-state index contributed by atoms with van der Waals surface area (Å²) in [4.78, 5) is 2.27. The zero-order chi connectivity index (χ0) is 18.2. The van der Waals surface area contributed by atoms with Gasteiger partial charge in [0.25, 0.3) is 0 Å². The van der Waals surface area contributed by atoms with Crippen molar-refractivity contribution in [2.45, 2.75) is 45.1 Å². The molecule has 0 unspecified atom stereocenters. The highest BCUT2D eigenvalue weighted by molar-refractivity contribution is 5.21. The lowest BCUT2D eigenvalue weighted by Gasteiger charge is -2.27. The minimum absolute atomic E-state index is 0.261. The summed E-state index contributed by atoms with van der Waals surface area (Å²) in [5.74, 6) is 0.771. The Bertz CT molecular complexity index is 620. The fraction of sp³-hybridized carbons (Fsp3) is 0.524. The van der Waals surface area contributed by atoms with Gasteiger partial charge in [-0.25, -0.2) is 0 Å². The van der Waals surface area contributed by atoms with E-state index in [1.165, 1.54) is 11.1 Å². The molecule has 2 aromatic rings. The summed E-state index contributed by atoms with van der Waals surface area (Å²) in [6.07, 6.45) is 3.56. The molecule has 1 fully saturated rings. The van der Waals surface area contributed by atoms with Crippen LogP contribution in [0.5, 0.6) is 0 Å². The molecule has 0 radical (unpaired) electrons. The Balaban J connectivity index is 1.50. The molecule has 3 rings (SSSR count). The van der Waals surface area contributed by atoms with Gasteiger partial charge in [-0.15, -0.1) is 0 Å². The van der Waals surface area contributed by atoms with E-state index in [1.807, 2.05) is 12.1 Å². The monoisotopic (exact) mass is 359 g/mol. The molecule has 1 aromatic heterocycles. The molecule has 1 N–H and O–H groups in total. The first-order chi connectivity index (χ1) is 12.7. The van der Waals surface area contributed by atoms with Crippen molar-refractivity contribution in [3.8, 4) is 0 Å². The average Bonchev–Trinajstić information content (AvgIpc) is 3.31. The Morgan fingerprint density at radius 3 is 2.81 bits per heavy atom. The zero-order valence-corrected chi connectivity index (χ0v) is 15.5. The number of hydrogen-bond acceptors (Lipinski definition) is 5. The predicted octanol–water partition coefficient (Wildman–Crippen LogP) is 3.15. The topological polar surface area (TPSA) is 55.1 Å². The molecule has 1 aliphatic heterocycles. The molecule has 0 aliphatic carbocycles. The van der Waals surface area contributed by atoms with E-state index in [9.17, 15) is 5.11 Å².